The third kappa shape index (κ3) is 1.75. The van der Waals surface area contributed by atoms with Crippen molar-refractivity contribution < 1.29 is 0 Å². The van der Waals surface area contributed by atoms with Crippen LogP contribution in [0.15, 0.2) is 36.4 Å². The van der Waals surface area contributed by atoms with Crippen LogP contribution >= 0.6 is 11.3 Å². The fourth-order valence-electron chi connectivity index (χ4n) is 2.34. The van der Waals surface area contributed by atoms with E-state index in [1.54, 1.807) is 0 Å². The molecule has 0 fully saturated rings. The largest absolute Gasteiger partial charge is 0.140 e. The second-order valence-electron chi connectivity index (χ2n) is 4.98. The molecule has 0 aromatic carbocycles. The van der Waals surface area contributed by atoms with E-state index in [1.165, 1.54) is 31.7 Å². The van der Waals surface area contributed by atoms with E-state index in [9.17, 15) is 0 Å². The lowest BCUT2D eigenvalue weighted by molar-refractivity contribution is 0.868. The van der Waals surface area contributed by atoms with E-state index in [0.29, 0.717) is 5.92 Å². The summed E-state index contributed by atoms with van der Waals surface area (Å²) in [7, 11) is 0. The summed E-state index contributed by atoms with van der Waals surface area (Å²) in [5.41, 5.74) is 4.16. The lowest BCUT2D eigenvalue weighted by atomic mass is 10.1. The molecule has 1 aromatic heterocycles. The van der Waals surface area contributed by atoms with Gasteiger partial charge in [0.2, 0.25) is 0 Å². The molecular weight excluding hydrogens is 224 g/mol. The monoisotopic (exact) mass is 240 g/mol. The second kappa shape index (κ2) is 3.85. The van der Waals surface area contributed by atoms with Crippen LogP contribution in [0.5, 0.6) is 0 Å². The Labute approximate surface area is 106 Å². The SMILES string of the molecule is Cc1cc2cc3ccc(C(C)C)ccc-3c2s1. The molecule has 0 amide bonds. The first-order valence-electron chi connectivity index (χ1n) is 6.08. The maximum atomic E-state index is 2.30. The van der Waals surface area contributed by atoms with Gasteiger partial charge in [0.15, 0.2) is 0 Å². The van der Waals surface area contributed by atoms with Gasteiger partial charge in [-0.2, -0.15) is 0 Å². The summed E-state index contributed by atoms with van der Waals surface area (Å²) in [5, 5.41) is 1.39. The van der Waals surface area contributed by atoms with Crippen LogP contribution in [0, 0.1) is 6.92 Å². The molecule has 0 atom stereocenters. The Kier molecular flexibility index (Phi) is 2.44. The molecule has 0 radical (unpaired) electrons. The summed E-state index contributed by atoms with van der Waals surface area (Å²) in [6.07, 6.45) is 0. The highest BCUT2D eigenvalue weighted by Gasteiger charge is 2.11. The van der Waals surface area contributed by atoms with E-state index in [2.05, 4.69) is 57.2 Å². The first-order valence-corrected chi connectivity index (χ1v) is 6.89. The molecule has 1 heteroatoms. The van der Waals surface area contributed by atoms with Crippen molar-refractivity contribution in [2.75, 3.05) is 0 Å². The molecule has 0 bridgehead atoms. The zero-order chi connectivity index (χ0) is 12.0. The van der Waals surface area contributed by atoms with Gasteiger partial charge in [-0.15, -0.1) is 11.3 Å². The second-order valence-corrected chi connectivity index (χ2v) is 6.23. The van der Waals surface area contributed by atoms with Crippen LogP contribution in [0.25, 0.3) is 21.2 Å². The van der Waals surface area contributed by atoms with Gasteiger partial charge in [0.25, 0.3) is 0 Å². The minimum Gasteiger partial charge on any atom is -0.140 e. The van der Waals surface area contributed by atoms with Gasteiger partial charge in [-0.3, -0.25) is 0 Å². The van der Waals surface area contributed by atoms with E-state index >= 15 is 0 Å². The van der Waals surface area contributed by atoms with Gasteiger partial charge in [0, 0.05) is 9.58 Å². The average Bonchev–Trinajstić information content (AvgIpc) is 2.67. The van der Waals surface area contributed by atoms with Crippen molar-refractivity contribution in [2.24, 2.45) is 0 Å². The molecule has 0 saturated heterocycles. The van der Waals surface area contributed by atoms with E-state index in [1.807, 2.05) is 11.3 Å². The highest BCUT2D eigenvalue weighted by molar-refractivity contribution is 7.19. The van der Waals surface area contributed by atoms with Crippen LogP contribution in [0.1, 0.15) is 30.2 Å². The highest BCUT2D eigenvalue weighted by atomic mass is 32.1. The molecule has 0 spiro atoms. The number of hydrogen-bond acceptors (Lipinski definition) is 1. The van der Waals surface area contributed by atoms with E-state index in [4.69, 9.17) is 0 Å². The van der Waals surface area contributed by atoms with Gasteiger partial charge in [0.05, 0.1) is 0 Å². The van der Waals surface area contributed by atoms with Crippen molar-refractivity contribution >= 4 is 21.4 Å². The van der Waals surface area contributed by atoms with E-state index in [0.717, 1.165) is 0 Å². The zero-order valence-corrected chi connectivity index (χ0v) is 11.3. The molecule has 17 heavy (non-hydrogen) atoms. The maximum absolute atomic E-state index is 2.30. The molecule has 1 heterocycles. The third-order valence-electron chi connectivity index (χ3n) is 3.32. The summed E-state index contributed by atoms with van der Waals surface area (Å²) in [6, 6.07) is 13.6. The Morgan fingerprint density at radius 3 is 2.53 bits per heavy atom. The molecule has 86 valence electrons. The molecule has 0 N–H and O–H groups in total. The first kappa shape index (κ1) is 10.8. The highest BCUT2D eigenvalue weighted by Crippen LogP contribution is 2.39. The molecule has 2 aliphatic rings. The van der Waals surface area contributed by atoms with Crippen molar-refractivity contribution in [3.63, 3.8) is 0 Å². The molecular formula is C16H16S. The van der Waals surface area contributed by atoms with Crippen LogP contribution in [-0.2, 0) is 0 Å². The average molecular weight is 240 g/mol. The number of fused-ring (bicyclic) bond motifs is 3. The van der Waals surface area contributed by atoms with Gasteiger partial charge in [0.1, 0.15) is 0 Å². The summed E-state index contributed by atoms with van der Waals surface area (Å²) in [6.45, 7) is 6.66. The quantitative estimate of drug-likeness (QED) is 0.531. The van der Waals surface area contributed by atoms with Crippen LogP contribution < -0.4 is 0 Å². The van der Waals surface area contributed by atoms with Crippen molar-refractivity contribution in [2.45, 2.75) is 26.7 Å². The van der Waals surface area contributed by atoms with Crippen LogP contribution in [-0.4, -0.2) is 0 Å². The van der Waals surface area contributed by atoms with Gasteiger partial charge in [-0.05, 0) is 47.1 Å². The minimum atomic E-state index is 0.590. The van der Waals surface area contributed by atoms with Crippen molar-refractivity contribution in [3.8, 4) is 11.1 Å². The number of rotatable bonds is 1. The van der Waals surface area contributed by atoms with Crippen LogP contribution in [0.4, 0.5) is 0 Å². The van der Waals surface area contributed by atoms with E-state index in [-0.39, 0.29) is 0 Å². The predicted molar refractivity (Wildman–Crippen MR) is 77.3 cm³/mol. The lowest BCUT2D eigenvalue weighted by Gasteiger charge is -1.99. The van der Waals surface area contributed by atoms with Crippen molar-refractivity contribution in [1.82, 2.24) is 0 Å². The first-order chi connectivity index (χ1) is 8.15. The van der Waals surface area contributed by atoms with Crippen molar-refractivity contribution in [1.29, 1.82) is 0 Å². The third-order valence-corrected chi connectivity index (χ3v) is 4.41. The zero-order valence-electron chi connectivity index (χ0n) is 10.4. The molecule has 0 unspecified atom stereocenters. The maximum Gasteiger partial charge on any atom is 0.0424 e. The Bertz CT molecular complexity index is 646. The normalized spacial score (nSPS) is 11.8. The van der Waals surface area contributed by atoms with Gasteiger partial charge in [-0.25, -0.2) is 0 Å². The number of aryl methyl sites for hydroxylation is 1. The number of thiophene rings is 1. The molecule has 0 saturated carbocycles. The topological polar surface area (TPSA) is 0 Å². The molecule has 2 aliphatic carbocycles. The van der Waals surface area contributed by atoms with Gasteiger partial charge < -0.3 is 0 Å². The molecule has 0 aliphatic heterocycles. The van der Waals surface area contributed by atoms with Crippen LogP contribution in [0.3, 0.4) is 0 Å². The Morgan fingerprint density at radius 1 is 1.00 bits per heavy atom. The summed E-state index contributed by atoms with van der Waals surface area (Å²) in [5.74, 6) is 0.590. The van der Waals surface area contributed by atoms with Gasteiger partial charge >= 0.3 is 0 Å². The lowest BCUT2D eigenvalue weighted by Crippen LogP contribution is -1.81. The summed E-state index contributed by atoms with van der Waals surface area (Å²) < 4.78 is 1.43. The van der Waals surface area contributed by atoms with Crippen molar-refractivity contribution in [3.05, 3.63) is 46.8 Å². The number of hydrogen-bond donors (Lipinski definition) is 0. The standard InChI is InChI=1S/C16H16S/c1-10(2)12-4-5-13-9-14-8-11(3)17-16(14)15(13)7-6-12/h4-10H,1-3H3. The smallest absolute Gasteiger partial charge is 0.0424 e. The van der Waals surface area contributed by atoms with Gasteiger partial charge in [-0.1, -0.05) is 38.1 Å². The fourth-order valence-corrected chi connectivity index (χ4v) is 3.38. The summed E-state index contributed by atoms with van der Waals surface area (Å²) in [4.78, 5) is 1.40. The predicted octanol–water partition coefficient (Wildman–Crippen LogP) is 5.44. The molecule has 0 nitrogen and oxygen atoms in total. The van der Waals surface area contributed by atoms with Crippen LogP contribution in [0.2, 0.25) is 0 Å². The Hall–Kier alpha value is -1.34. The molecule has 3 rings (SSSR count). The fraction of sp³-hybridized carbons (Fsp3) is 0.250. The summed E-state index contributed by atoms with van der Waals surface area (Å²) >= 11 is 1.90. The Morgan fingerprint density at radius 2 is 1.76 bits per heavy atom. The Balaban J connectivity index is 2.30. The minimum absolute atomic E-state index is 0.590. The molecule has 1 aromatic rings. The van der Waals surface area contributed by atoms with E-state index < -0.39 is 0 Å².